The van der Waals surface area contributed by atoms with Gasteiger partial charge in [-0.15, -0.1) is 0 Å². The van der Waals surface area contributed by atoms with Crippen molar-refractivity contribution in [2.24, 2.45) is 5.73 Å². The third kappa shape index (κ3) is 4.41. The Morgan fingerprint density at radius 2 is 2.04 bits per heavy atom. The molecule has 2 aromatic heterocycles. The SMILES string of the molecule is NC(=O)Cc1cccc(Nc2nc(NCC(F)(F)F)c3cc[nH]c3n2)c1. The number of aromatic nitrogens is 3. The molecule has 0 fully saturated rings. The second kappa shape index (κ2) is 6.90. The van der Waals surface area contributed by atoms with Crippen LogP contribution >= 0.6 is 0 Å². The Kier molecular flexibility index (Phi) is 4.65. The molecule has 0 bridgehead atoms. The first kappa shape index (κ1) is 17.5. The lowest BCUT2D eigenvalue weighted by atomic mass is 10.1. The minimum atomic E-state index is -4.37. The molecular formula is C16H15F3N6O. The molecule has 136 valence electrons. The average molecular weight is 364 g/mol. The molecule has 0 aliphatic rings. The number of benzene rings is 1. The zero-order valence-corrected chi connectivity index (χ0v) is 13.4. The van der Waals surface area contributed by atoms with Crippen LogP contribution in [0.15, 0.2) is 36.5 Å². The van der Waals surface area contributed by atoms with E-state index in [1.54, 1.807) is 36.5 Å². The molecule has 0 saturated carbocycles. The molecule has 0 aliphatic carbocycles. The number of primary amides is 1. The van der Waals surface area contributed by atoms with E-state index in [9.17, 15) is 18.0 Å². The van der Waals surface area contributed by atoms with Gasteiger partial charge in [0, 0.05) is 11.9 Å². The van der Waals surface area contributed by atoms with E-state index in [2.05, 4.69) is 25.6 Å². The minimum absolute atomic E-state index is 0.0596. The van der Waals surface area contributed by atoms with Crippen molar-refractivity contribution in [3.8, 4) is 0 Å². The van der Waals surface area contributed by atoms with Crippen LogP contribution in [-0.4, -0.2) is 33.6 Å². The highest BCUT2D eigenvalue weighted by molar-refractivity contribution is 5.88. The molecule has 3 aromatic rings. The summed E-state index contributed by atoms with van der Waals surface area (Å²) in [5.74, 6) is -0.296. The Morgan fingerprint density at radius 3 is 2.77 bits per heavy atom. The van der Waals surface area contributed by atoms with Crippen molar-refractivity contribution in [2.45, 2.75) is 12.6 Å². The van der Waals surface area contributed by atoms with E-state index in [1.165, 1.54) is 0 Å². The number of anilines is 3. The number of halogens is 3. The highest BCUT2D eigenvalue weighted by atomic mass is 19.4. The maximum absolute atomic E-state index is 12.5. The first-order valence-electron chi connectivity index (χ1n) is 7.60. The number of nitrogens with zero attached hydrogens (tertiary/aromatic N) is 2. The molecule has 0 unspecified atom stereocenters. The molecule has 0 spiro atoms. The van der Waals surface area contributed by atoms with E-state index in [4.69, 9.17) is 5.73 Å². The van der Waals surface area contributed by atoms with E-state index in [0.29, 0.717) is 22.3 Å². The second-order valence-electron chi connectivity index (χ2n) is 5.57. The lowest BCUT2D eigenvalue weighted by Gasteiger charge is -2.12. The van der Waals surface area contributed by atoms with Crippen LogP contribution < -0.4 is 16.4 Å². The average Bonchev–Trinajstić information content (AvgIpc) is 3.00. The number of nitrogens with one attached hydrogen (secondary N) is 3. The molecule has 1 amide bonds. The van der Waals surface area contributed by atoms with Crippen molar-refractivity contribution >= 4 is 34.4 Å². The highest BCUT2D eigenvalue weighted by Crippen LogP contribution is 2.25. The standard InChI is InChI=1S/C16H15F3N6O/c17-16(18,19)8-22-14-11-4-5-21-13(11)24-15(25-14)23-10-3-1-2-9(6-10)7-12(20)26/h1-6H,7-8H2,(H2,20,26)(H3,21,22,23,24,25). The molecule has 0 radical (unpaired) electrons. The van der Waals surface area contributed by atoms with Gasteiger partial charge in [-0.1, -0.05) is 12.1 Å². The number of alkyl halides is 3. The quantitative estimate of drug-likeness (QED) is 0.538. The van der Waals surface area contributed by atoms with Gasteiger partial charge >= 0.3 is 6.18 Å². The predicted octanol–water partition coefficient (Wildman–Crippen LogP) is 2.70. The van der Waals surface area contributed by atoms with Crippen LogP contribution in [0.3, 0.4) is 0 Å². The normalized spacial score (nSPS) is 11.5. The number of carbonyl (C=O) groups excluding carboxylic acids is 1. The number of aromatic amines is 1. The summed E-state index contributed by atoms with van der Waals surface area (Å²) in [4.78, 5) is 22.2. The Labute approximate surface area is 145 Å². The lowest BCUT2D eigenvalue weighted by Crippen LogP contribution is -2.22. The summed E-state index contributed by atoms with van der Waals surface area (Å²) < 4.78 is 37.5. The van der Waals surface area contributed by atoms with Crippen molar-refractivity contribution in [1.29, 1.82) is 0 Å². The molecule has 2 heterocycles. The van der Waals surface area contributed by atoms with Crippen LogP contribution in [0.2, 0.25) is 0 Å². The Balaban J connectivity index is 1.87. The summed E-state index contributed by atoms with van der Waals surface area (Å²) in [7, 11) is 0. The number of rotatable bonds is 6. The Morgan fingerprint density at radius 1 is 1.23 bits per heavy atom. The smallest absolute Gasteiger partial charge is 0.369 e. The highest BCUT2D eigenvalue weighted by Gasteiger charge is 2.27. The van der Waals surface area contributed by atoms with Crippen LogP contribution in [0, 0.1) is 0 Å². The van der Waals surface area contributed by atoms with Crippen molar-refractivity contribution < 1.29 is 18.0 Å². The fourth-order valence-corrected chi connectivity index (χ4v) is 2.41. The van der Waals surface area contributed by atoms with Crippen LogP contribution in [0.5, 0.6) is 0 Å². The fraction of sp³-hybridized carbons (Fsp3) is 0.188. The summed E-state index contributed by atoms with van der Waals surface area (Å²) in [5.41, 5.74) is 6.84. The number of amides is 1. The van der Waals surface area contributed by atoms with Gasteiger partial charge in [-0.05, 0) is 23.8 Å². The molecule has 0 atom stereocenters. The Hall–Kier alpha value is -3.30. The second-order valence-corrected chi connectivity index (χ2v) is 5.57. The van der Waals surface area contributed by atoms with Gasteiger partial charge in [0.15, 0.2) is 0 Å². The zero-order valence-electron chi connectivity index (χ0n) is 13.4. The van der Waals surface area contributed by atoms with E-state index in [1.807, 2.05) is 0 Å². The van der Waals surface area contributed by atoms with Gasteiger partial charge in [-0.2, -0.15) is 23.1 Å². The monoisotopic (exact) mass is 364 g/mol. The summed E-state index contributed by atoms with van der Waals surface area (Å²) in [5, 5.41) is 5.65. The predicted molar refractivity (Wildman–Crippen MR) is 91.1 cm³/mol. The molecule has 10 heteroatoms. The lowest BCUT2D eigenvalue weighted by molar-refractivity contribution is -0.117. The minimum Gasteiger partial charge on any atom is -0.369 e. The van der Waals surface area contributed by atoms with Crippen molar-refractivity contribution in [1.82, 2.24) is 15.0 Å². The van der Waals surface area contributed by atoms with Gasteiger partial charge in [0.25, 0.3) is 0 Å². The van der Waals surface area contributed by atoms with E-state index < -0.39 is 18.6 Å². The molecule has 1 aromatic carbocycles. The Bertz CT molecular complexity index is 937. The van der Waals surface area contributed by atoms with Crippen molar-refractivity contribution in [2.75, 3.05) is 17.2 Å². The van der Waals surface area contributed by atoms with E-state index >= 15 is 0 Å². The molecule has 0 aliphatic heterocycles. The molecular weight excluding hydrogens is 349 g/mol. The summed E-state index contributed by atoms with van der Waals surface area (Å²) in [6.07, 6.45) is -2.73. The maximum atomic E-state index is 12.5. The number of hydrogen-bond donors (Lipinski definition) is 4. The zero-order chi connectivity index (χ0) is 18.7. The first-order chi connectivity index (χ1) is 12.3. The fourth-order valence-electron chi connectivity index (χ4n) is 2.41. The number of nitrogens with two attached hydrogens (primary N) is 1. The van der Waals surface area contributed by atoms with Gasteiger partial charge in [-0.25, -0.2) is 0 Å². The maximum Gasteiger partial charge on any atom is 0.405 e. The van der Waals surface area contributed by atoms with Gasteiger partial charge < -0.3 is 21.4 Å². The summed E-state index contributed by atoms with van der Waals surface area (Å²) in [6, 6.07) is 8.45. The van der Waals surface area contributed by atoms with Crippen LogP contribution in [-0.2, 0) is 11.2 Å². The molecule has 26 heavy (non-hydrogen) atoms. The van der Waals surface area contributed by atoms with Crippen LogP contribution in [0.25, 0.3) is 11.0 Å². The molecule has 3 rings (SSSR count). The van der Waals surface area contributed by atoms with Crippen LogP contribution in [0.4, 0.5) is 30.6 Å². The number of carbonyl (C=O) groups is 1. The first-order valence-corrected chi connectivity index (χ1v) is 7.60. The van der Waals surface area contributed by atoms with Gasteiger partial charge in [0.05, 0.1) is 11.8 Å². The van der Waals surface area contributed by atoms with E-state index in [-0.39, 0.29) is 18.2 Å². The molecule has 0 saturated heterocycles. The molecule has 5 N–H and O–H groups in total. The van der Waals surface area contributed by atoms with Gasteiger partial charge in [-0.3, -0.25) is 4.79 Å². The molecule has 7 nitrogen and oxygen atoms in total. The summed E-state index contributed by atoms with van der Waals surface area (Å²) in [6.45, 7) is -1.21. The van der Waals surface area contributed by atoms with E-state index in [0.717, 1.165) is 0 Å². The number of fused-ring (bicyclic) bond motifs is 1. The topological polar surface area (TPSA) is 109 Å². The summed E-state index contributed by atoms with van der Waals surface area (Å²) >= 11 is 0. The van der Waals surface area contributed by atoms with Crippen molar-refractivity contribution in [3.05, 3.63) is 42.1 Å². The number of hydrogen-bond acceptors (Lipinski definition) is 5. The van der Waals surface area contributed by atoms with Crippen LogP contribution in [0.1, 0.15) is 5.56 Å². The van der Waals surface area contributed by atoms with Crippen molar-refractivity contribution in [3.63, 3.8) is 0 Å². The van der Waals surface area contributed by atoms with Gasteiger partial charge in [0.1, 0.15) is 18.0 Å². The largest absolute Gasteiger partial charge is 0.405 e. The number of H-pyrrole nitrogens is 1. The van der Waals surface area contributed by atoms with Gasteiger partial charge in [0.2, 0.25) is 11.9 Å². The third-order valence-electron chi connectivity index (χ3n) is 3.43. The third-order valence-corrected chi connectivity index (χ3v) is 3.43.